The van der Waals surface area contributed by atoms with Crippen LogP contribution in [0, 0.1) is 17.2 Å². The Bertz CT molecular complexity index is 517. The Hall–Kier alpha value is -1.70. The molecule has 1 heterocycles. The van der Waals surface area contributed by atoms with Gasteiger partial charge in [-0.05, 0) is 43.4 Å². The van der Waals surface area contributed by atoms with E-state index in [0.29, 0.717) is 19.0 Å². The molecule has 1 unspecified atom stereocenters. The molecular formula is C15H17F3N2. The first-order valence-electron chi connectivity index (χ1n) is 6.78. The van der Waals surface area contributed by atoms with Crippen molar-refractivity contribution in [1.82, 2.24) is 0 Å². The van der Waals surface area contributed by atoms with E-state index in [9.17, 15) is 13.2 Å². The van der Waals surface area contributed by atoms with E-state index in [2.05, 4.69) is 6.92 Å². The van der Waals surface area contributed by atoms with Crippen molar-refractivity contribution in [3.63, 3.8) is 0 Å². The molecule has 1 saturated heterocycles. The number of benzene rings is 1. The van der Waals surface area contributed by atoms with Crippen molar-refractivity contribution >= 4 is 5.69 Å². The molecule has 0 radical (unpaired) electrons. The van der Waals surface area contributed by atoms with Gasteiger partial charge >= 0.3 is 6.18 Å². The van der Waals surface area contributed by atoms with Gasteiger partial charge in [-0.25, -0.2) is 0 Å². The average molecular weight is 282 g/mol. The Morgan fingerprint density at radius 3 is 2.65 bits per heavy atom. The fourth-order valence-corrected chi connectivity index (χ4v) is 2.61. The lowest BCUT2D eigenvalue weighted by atomic mass is 10.0. The molecule has 0 aliphatic carbocycles. The van der Waals surface area contributed by atoms with Gasteiger partial charge in [0, 0.05) is 18.8 Å². The fraction of sp³-hybridized carbons (Fsp3) is 0.533. The minimum Gasteiger partial charge on any atom is -0.371 e. The maximum Gasteiger partial charge on any atom is 0.418 e. The Labute approximate surface area is 116 Å². The third-order valence-corrected chi connectivity index (χ3v) is 3.79. The van der Waals surface area contributed by atoms with Crippen LogP contribution in [0.1, 0.15) is 37.3 Å². The summed E-state index contributed by atoms with van der Waals surface area (Å²) in [7, 11) is 0. The van der Waals surface area contributed by atoms with Crippen molar-refractivity contribution in [2.45, 2.75) is 32.4 Å². The van der Waals surface area contributed by atoms with Crippen molar-refractivity contribution in [3.05, 3.63) is 29.3 Å². The second-order valence-electron chi connectivity index (χ2n) is 5.36. The van der Waals surface area contributed by atoms with Crippen molar-refractivity contribution in [3.8, 4) is 6.07 Å². The van der Waals surface area contributed by atoms with Gasteiger partial charge in [0.1, 0.15) is 0 Å². The molecule has 0 amide bonds. The van der Waals surface area contributed by atoms with Crippen molar-refractivity contribution in [2.75, 3.05) is 18.0 Å². The topological polar surface area (TPSA) is 27.0 Å². The molecule has 2 nitrogen and oxygen atoms in total. The molecule has 1 aliphatic rings. The number of nitrogens with zero attached hydrogens (tertiary/aromatic N) is 2. The number of rotatable bonds is 1. The Morgan fingerprint density at radius 2 is 2.00 bits per heavy atom. The van der Waals surface area contributed by atoms with Gasteiger partial charge in [-0.1, -0.05) is 6.92 Å². The van der Waals surface area contributed by atoms with Gasteiger partial charge in [0.25, 0.3) is 0 Å². The smallest absolute Gasteiger partial charge is 0.371 e. The molecule has 1 aromatic carbocycles. The first-order valence-corrected chi connectivity index (χ1v) is 6.78. The van der Waals surface area contributed by atoms with Gasteiger partial charge in [0.05, 0.1) is 17.2 Å². The predicted molar refractivity (Wildman–Crippen MR) is 71.4 cm³/mol. The standard InChI is InChI=1S/C15H17F3N2/c1-11-3-2-7-20(8-6-11)14-5-4-12(10-19)9-13(14)15(16,17)18/h4-5,9,11H,2-3,6-8H2,1H3. The van der Waals surface area contributed by atoms with E-state index in [4.69, 9.17) is 5.26 Å². The zero-order chi connectivity index (χ0) is 14.8. The summed E-state index contributed by atoms with van der Waals surface area (Å²) < 4.78 is 39.5. The molecule has 0 spiro atoms. The highest BCUT2D eigenvalue weighted by Crippen LogP contribution is 2.38. The molecule has 108 valence electrons. The summed E-state index contributed by atoms with van der Waals surface area (Å²) >= 11 is 0. The molecule has 1 aliphatic heterocycles. The predicted octanol–water partition coefficient (Wildman–Crippen LogP) is 4.20. The summed E-state index contributed by atoms with van der Waals surface area (Å²) in [5.41, 5.74) is -0.457. The van der Waals surface area contributed by atoms with Crippen LogP contribution in [0.15, 0.2) is 18.2 Å². The van der Waals surface area contributed by atoms with Crippen LogP contribution in [0.3, 0.4) is 0 Å². The normalized spacial score (nSPS) is 20.4. The van der Waals surface area contributed by atoms with Gasteiger partial charge in [-0.3, -0.25) is 0 Å². The minimum absolute atomic E-state index is 0.0456. The number of hydrogen-bond donors (Lipinski definition) is 0. The average Bonchev–Trinajstić information content (AvgIpc) is 2.62. The van der Waals surface area contributed by atoms with Crippen LogP contribution >= 0.6 is 0 Å². The second kappa shape index (κ2) is 5.74. The molecule has 2 rings (SSSR count). The highest BCUT2D eigenvalue weighted by atomic mass is 19.4. The van der Waals surface area contributed by atoms with Crippen molar-refractivity contribution < 1.29 is 13.2 Å². The van der Waals surface area contributed by atoms with E-state index in [0.717, 1.165) is 25.3 Å². The third-order valence-electron chi connectivity index (χ3n) is 3.79. The quantitative estimate of drug-likeness (QED) is 0.771. The second-order valence-corrected chi connectivity index (χ2v) is 5.36. The van der Waals surface area contributed by atoms with Gasteiger partial charge in [0.2, 0.25) is 0 Å². The van der Waals surface area contributed by atoms with Gasteiger partial charge < -0.3 is 4.90 Å². The van der Waals surface area contributed by atoms with E-state index in [1.54, 1.807) is 11.0 Å². The van der Waals surface area contributed by atoms with E-state index in [1.165, 1.54) is 12.1 Å². The number of halogens is 3. The van der Waals surface area contributed by atoms with Gasteiger partial charge in [-0.15, -0.1) is 0 Å². The van der Waals surface area contributed by atoms with Crippen LogP contribution < -0.4 is 4.90 Å². The summed E-state index contributed by atoms with van der Waals surface area (Å²) in [5, 5.41) is 8.78. The highest BCUT2D eigenvalue weighted by molar-refractivity contribution is 5.58. The molecule has 0 N–H and O–H groups in total. The molecule has 0 aromatic heterocycles. The molecular weight excluding hydrogens is 265 g/mol. The number of hydrogen-bond acceptors (Lipinski definition) is 2. The van der Waals surface area contributed by atoms with Crippen molar-refractivity contribution in [2.24, 2.45) is 5.92 Å². The van der Waals surface area contributed by atoms with Gasteiger partial charge in [-0.2, -0.15) is 18.4 Å². The SMILES string of the molecule is CC1CCCN(c2ccc(C#N)cc2C(F)(F)F)CC1. The monoisotopic (exact) mass is 282 g/mol. The summed E-state index contributed by atoms with van der Waals surface area (Å²) in [4.78, 5) is 1.80. The highest BCUT2D eigenvalue weighted by Gasteiger charge is 2.35. The van der Waals surface area contributed by atoms with E-state index < -0.39 is 11.7 Å². The van der Waals surface area contributed by atoms with E-state index in [-0.39, 0.29) is 11.3 Å². The van der Waals surface area contributed by atoms with Crippen LogP contribution in [-0.4, -0.2) is 13.1 Å². The molecule has 1 atom stereocenters. The summed E-state index contributed by atoms with van der Waals surface area (Å²) in [5.74, 6) is 0.549. The largest absolute Gasteiger partial charge is 0.418 e. The summed E-state index contributed by atoms with van der Waals surface area (Å²) in [6.07, 6.45) is -1.58. The van der Waals surface area contributed by atoms with Crippen LogP contribution in [0.5, 0.6) is 0 Å². The number of anilines is 1. The third kappa shape index (κ3) is 3.24. The lowest BCUT2D eigenvalue weighted by Crippen LogP contribution is -2.27. The first-order chi connectivity index (χ1) is 9.41. The lowest BCUT2D eigenvalue weighted by Gasteiger charge is -2.26. The minimum atomic E-state index is -4.43. The van der Waals surface area contributed by atoms with Gasteiger partial charge in [0.15, 0.2) is 0 Å². The Balaban J connectivity index is 2.38. The molecule has 5 heteroatoms. The first kappa shape index (κ1) is 14.7. The van der Waals surface area contributed by atoms with Crippen LogP contribution in [-0.2, 0) is 6.18 Å². The van der Waals surface area contributed by atoms with Crippen LogP contribution in [0.4, 0.5) is 18.9 Å². The van der Waals surface area contributed by atoms with Crippen LogP contribution in [0.25, 0.3) is 0 Å². The zero-order valence-electron chi connectivity index (χ0n) is 11.4. The Morgan fingerprint density at radius 1 is 1.25 bits per heavy atom. The van der Waals surface area contributed by atoms with E-state index >= 15 is 0 Å². The van der Waals surface area contributed by atoms with E-state index in [1.807, 2.05) is 0 Å². The number of alkyl halides is 3. The fourth-order valence-electron chi connectivity index (χ4n) is 2.61. The summed E-state index contributed by atoms with van der Waals surface area (Å²) in [6.45, 7) is 3.41. The molecule has 1 fully saturated rings. The molecule has 20 heavy (non-hydrogen) atoms. The lowest BCUT2D eigenvalue weighted by molar-refractivity contribution is -0.137. The maximum absolute atomic E-state index is 13.2. The zero-order valence-corrected chi connectivity index (χ0v) is 11.4. The summed E-state index contributed by atoms with van der Waals surface area (Å²) in [6, 6.07) is 5.60. The number of nitriles is 1. The maximum atomic E-state index is 13.2. The molecule has 0 saturated carbocycles. The molecule has 0 bridgehead atoms. The Kier molecular flexibility index (Phi) is 4.22. The van der Waals surface area contributed by atoms with Crippen molar-refractivity contribution in [1.29, 1.82) is 5.26 Å². The van der Waals surface area contributed by atoms with Crippen LogP contribution in [0.2, 0.25) is 0 Å². The molecule has 1 aromatic rings.